The largest absolute Gasteiger partial charge is 0.385 e. The van der Waals surface area contributed by atoms with Crippen molar-refractivity contribution in [3.63, 3.8) is 0 Å². The number of benzene rings is 1. The van der Waals surface area contributed by atoms with E-state index in [1.54, 1.807) is 7.11 Å². The molecule has 0 unspecified atom stereocenters. The van der Waals surface area contributed by atoms with Crippen LogP contribution in [0, 0.1) is 5.92 Å². The number of imidazole rings is 1. The normalized spacial score (nSPS) is 18.5. The number of aromatic nitrogens is 2. The zero-order valence-electron chi connectivity index (χ0n) is 18.9. The number of nitrogens with zero attached hydrogens (tertiary/aromatic N) is 4. The summed E-state index contributed by atoms with van der Waals surface area (Å²) in [6, 6.07) is 8.46. The van der Waals surface area contributed by atoms with E-state index in [0.717, 1.165) is 56.9 Å². The average molecular weight is 428 g/mol. The minimum atomic E-state index is 0.102. The highest BCUT2D eigenvalue weighted by Crippen LogP contribution is 2.27. The third kappa shape index (κ3) is 5.57. The molecule has 2 aliphatic heterocycles. The van der Waals surface area contributed by atoms with Gasteiger partial charge in [0, 0.05) is 52.4 Å². The van der Waals surface area contributed by atoms with Gasteiger partial charge in [0.25, 0.3) is 0 Å². The predicted octanol–water partition coefficient (Wildman–Crippen LogP) is 2.89. The Kier molecular flexibility index (Phi) is 7.81. The van der Waals surface area contributed by atoms with Crippen LogP contribution in [0.5, 0.6) is 0 Å². The quantitative estimate of drug-likeness (QED) is 0.624. The number of nitrogens with one attached hydrogen (secondary N) is 1. The maximum absolute atomic E-state index is 12.5. The van der Waals surface area contributed by atoms with Crippen LogP contribution in [0.4, 0.5) is 5.95 Å². The third-order valence-electron chi connectivity index (χ3n) is 6.70. The van der Waals surface area contributed by atoms with Crippen LogP contribution in [-0.2, 0) is 16.1 Å². The Hall–Kier alpha value is -2.12. The van der Waals surface area contributed by atoms with Gasteiger partial charge in [-0.1, -0.05) is 18.6 Å². The van der Waals surface area contributed by atoms with Crippen LogP contribution in [0.15, 0.2) is 24.3 Å². The van der Waals surface area contributed by atoms with Crippen LogP contribution in [0.2, 0.25) is 0 Å². The summed E-state index contributed by atoms with van der Waals surface area (Å²) in [4.78, 5) is 22.5. The number of ether oxygens (including phenoxy) is 1. The molecule has 7 nitrogen and oxygen atoms in total. The van der Waals surface area contributed by atoms with Gasteiger partial charge in [0.1, 0.15) is 0 Å². The van der Waals surface area contributed by atoms with Gasteiger partial charge in [0.2, 0.25) is 11.9 Å². The number of hydrogen-bond donors (Lipinski definition) is 1. The zero-order valence-corrected chi connectivity index (χ0v) is 18.9. The summed E-state index contributed by atoms with van der Waals surface area (Å²) in [5.74, 6) is 1.36. The van der Waals surface area contributed by atoms with Crippen molar-refractivity contribution >= 4 is 22.9 Å². The van der Waals surface area contributed by atoms with E-state index in [2.05, 4.69) is 43.9 Å². The number of para-hydroxylation sites is 2. The third-order valence-corrected chi connectivity index (χ3v) is 6.70. The van der Waals surface area contributed by atoms with Crippen molar-refractivity contribution in [3.05, 3.63) is 24.3 Å². The Balaban J connectivity index is 1.39. The Labute approximate surface area is 185 Å². The van der Waals surface area contributed by atoms with Crippen LogP contribution >= 0.6 is 0 Å². The number of hydrogen-bond acceptors (Lipinski definition) is 5. The summed E-state index contributed by atoms with van der Waals surface area (Å²) in [6.07, 6.45) is 6.63. The first-order valence-electron chi connectivity index (χ1n) is 12.0. The van der Waals surface area contributed by atoms with Gasteiger partial charge in [-0.2, -0.15) is 0 Å². The maximum Gasteiger partial charge on any atom is 0.223 e. The van der Waals surface area contributed by atoms with E-state index >= 15 is 0 Å². The Bertz CT molecular complexity index is 838. The van der Waals surface area contributed by atoms with Gasteiger partial charge in [-0.05, 0) is 57.3 Å². The van der Waals surface area contributed by atoms with Crippen LogP contribution in [0.1, 0.15) is 38.5 Å². The summed E-state index contributed by atoms with van der Waals surface area (Å²) in [5.41, 5.74) is 2.28. The standard InChI is InChI=1S/C24H37N5O2/c1-31-19-7-12-25-23(30)20-10-15-28(16-11-20)24-26-21-8-3-4-9-22(21)29(24)18-17-27-13-5-2-6-14-27/h3-4,8-9,20H,2,5-7,10-19H2,1H3,(H,25,30). The highest BCUT2D eigenvalue weighted by atomic mass is 16.5. The molecule has 0 radical (unpaired) electrons. The van der Waals surface area contributed by atoms with E-state index in [4.69, 9.17) is 9.72 Å². The Morgan fingerprint density at radius 2 is 1.87 bits per heavy atom. The molecule has 1 aromatic heterocycles. The molecule has 3 heterocycles. The number of fused-ring (bicyclic) bond motifs is 1. The molecule has 0 atom stereocenters. The lowest BCUT2D eigenvalue weighted by molar-refractivity contribution is -0.125. The summed E-state index contributed by atoms with van der Waals surface area (Å²) in [5, 5.41) is 3.07. The fraction of sp³-hybridized carbons (Fsp3) is 0.667. The molecule has 1 amide bonds. The molecule has 170 valence electrons. The highest BCUT2D eigenvalue weighted by Gasteiger charge is 2.27. The van der Waals surface area contributed by atoms with E-state index in [0.29, 0.717) is 13.2 Å². The molecule has 0 saturated carbocycles. The van der Waals surface area contributed by atoms with Crippen molar-refractivity contribution in [1.29, 1.82) is 0 Å². The fourth-order valence-electron chi connectivity index (χ4n) is 4.86. The molecule has 0 bridgehead atoms. The average Bonchev–Trinajstić information content (AvgIpc) is 3.20. The lowest BCUT2D eigenvalue weighted by Crippen LogP contribution is -2.42. The number of rotatable bonds is 9. The van der Waals surface area contributed by atoms with E-state index in [-0.39, 0.29) is 11.8 Å². The summed E-state index contributed by atoms with van der Waals surface area (Å²) in [6.45, 7) is 7.61. The van der Waals surface area contributed by atoms with E-state index in [1.165, 1.54) is 37.9 Å². The van der Waals surface area contributed by atoms with Gasteiger partial charge in [-0.25, -0.2) is 4.98 Å². The molecule has 31 heavy (non-hydrogen) atoms. The number of amides is 1. The van der Waals surface area contributed by atoms with Crippen LogP contribution in [-0.4, -0.2) is 73.3 Å². The second-order valence-corrected chi connectivity index (χ2v) is 8.85. The molecule has 0 spiro atoms. The van der Waals surface area contributed by atoms with Crippen molar-refractivity contribution in [1.82, 2.24) is 19.8 Å². The van der Waals surface area contributed by atoms with Crippen molar-refractivity contribution in [3.8, 4) is 0 Å². The maximum atomic E-state index is 12.5. The summed E-state index contributed by atoms with van der Waals surface area (Å²) in [7, 11) is 1.69. The van der Waals surface area contributed by atoms with Gasteiger partial charge < -0.3 is 24.4 Å². The number of anilines is 1. The smallest absolute Gasteiger partial charge is 0.223 e. The number of methoxy groups -OCH3 is 1. The molecule has 2 saturated heterocycles. The Morgan fingerprint density at radius 1 is 1.10 bits per heavy atom. The van der Waals surface area contributed by atoms with Gasteiger partial charge in [0.15, 0.2) is 0 Å². The van der Waals surface area contributed by atoms with Crippen LogP contribution in [0.3, 0.4) is 0 Å². The zero-order chi connectivity index (χ0) is 21.5. The number of carbonyl (C=O) groups is 1. The molecule has 4 rings (SSSR count). The monoisotopic (exact) mass is 427 g/mol. The van der Waals surface area contributed by atoms with Crippen molar-refractivity contribution in [2.75, 3.05) is 57.9 Å². The van der Waals surface area contributed by atoms with Crippen molar-refractivity contribution in [2.45, 2.75) is 45.1 Å². The molecule has 2 fully saturated rings. The lowest BCUT2D eigenvalue weighted by Gasteiger charge is -2.33. The minimum Gasteiger partial charge on any atom is -0.385 e. The number of piperidine rings is 2. The summed E-state index contributed by atoms with van der Waals surface area (Å²) >= 11 is 0. The highest BCUT2D eigenvalue weighted by molar-refractivity contribution is 5.80. The molecule has 2 aliphatic rings. The van der Waals surface area contributed by atoms with Crippen molar-refractivity contribution in [2.24, 2.45) is 5.92 Å². The van der Waals surface area contributed by atoms with Gasteiger partial charge in [0.05, 0.1) is 11.0 Å². The molecule has 2 aromatic rings. The Morgan fingerprint density at radius 3 is 2.65 bits per heavy atom. The SMILES string of the molecule is COCCCNC(=O)C1CCN(c2nc3ccccc3n2CCN2CCCCC2)CC1. The first-order valence-corrected chi connectivity index (χ1v) is 12.0. The molecule has 0 aliphatic carbocycles. The van der Waals surface area contributed by atoms with Crippen LogP contribution < -0.4 is 10.2 Å². The molecule has 1 aromatic carbocycles. The molecule has 1 N–H and O–H groups in total. The molecular weight excluding hydrogens is 390 g/mol. The first kappa shape index (κ1) is 22.1. The van der Waals surface area contributed by atoms with Crippen LogP contribution in [0.25, 0.3) is 11.0 Å². The second kappa shape index (κ2) is 11.0. The van der Waals surface area contributed by atoms with Gasteiger partial charge >= 0.3 is 0 Å². The number of likely N-dealkylation sites (tertiary alicyclic amines) is 1. The van der Waals surface area contributed by atoms with E-state index in [1.807, 2.05) is 0 Å². The van der Waals surface area contributed by atoms with E-state index in [9.17, 15) is 4.79 Å². The summed E-state index contributed by atoms with van der Waals surface area (Å²) < 4.78 is 7.45. The van der Waals surface area contributed by atoms with E-state index < -0.39 is 0 Å². The van der Waals surface area contributed by atoms with Crippen molar-refractivity contribution < 1.29 is 9.53 Å². The van der Waals surface area contributed by atoms with Gasteiger partial charge in [-0.15, -0.1) is 0 Å². The van der Waals surface area contributed by atoms with Gasteiger partial charge in [-0.3, -0.25) is 4.79 Å². The number of carbonyl (C=O) groups excluding carboxylic acids is 1. The molecule has 7 heteroatoms. The second-order valence-electron chi connectivity index (χ2n) is 8.85. The fourth-order valence-corrected chi connectivity index (χ4v) is 4.86. The first-order chi connectivity index (χ1) is 15.3. The predicted molar refractivity (Wildman–Crippen MR) is 124 cm³/mol. The lowest BCUT2D eigenvalue weighted by atomic mass is 9.96. The topological polar surface area (TPSA) is 62.6 Å². The molecular formula is C24H37N5O2. The minimum absolute atomic E-state index is 0.102.